The number of amidine groups is 1. The van der Waals surface area contributed by atoms with Crippen molar-refractivity contribution in [1.29, 1.82) is 0 Å². The Hall–Kier alpha value is -2.82. The first kappa shape index (κ1) is 17.0. The molecule has 0 atom stereocenters. The van der Waals surface area contributed by atoms with Crippen LogP contribution in [0.3, 0.4) is 0 Å². The molecular weight excluding hydrogens is 314 g/mol. The zero-order chi connectivity index (χ0) is 17.8. The minimum atomic E-state index is -0.206. The van der Waals surface area contributed by atoms with Crippen molar-refractivity contribution in [3.8, 4) is 5.75 Å². The highest BCUT2D eigenvalue weighted by Gasteiger charge is 2.25. The van der Waals surface area contributed by atoms with Crippen LogP contribution >= 0.6 is 0 Å². The van der Waals surface area contributed by atoms with Gasteiger partial charge in [-0.3, -0.25) is 4.99 Å². The topological polar surface area (TPSA) is 53.9 Å². The van der Waals surface area contributed by atoms with Crippen molar-refractivity contribution in [1.82, 2.24) is 0 Å². The van der Waals surface area contributed by atoms with Crippen LogP contribution in [0.15, 0.2) is 47.5 Å². The number of hydrogen-bond acceptors (Lipinski definition) is 3. The Bertz CT molecular complexity index is 814. The van der Waals surface area contributed by atoms with E-state index in [1.807, 2.05) is 50.2 Å². The number of ether oxygens (including phenoxy) is 1. The normalized spacial score (nSPS) is 13.3. The van der Waals surface area contributed by atoms with Crippen molar-refractivity contribution in [3.05, 3.63) is 53.6 Å². The van der Waals surface area contributed by atoms with Gasteiger partial charge in [0.1, 0.15) is 11.6 Å². The number of aryl methyl sites for hydroxylation is 1. The molecule has 1 N–H and O–H groups in total. The number of nitrogens with zero attached hydrogens (tertiary/aromatic N) is 2. The van der Waals surface area contributed by atoms with Gasteiger partial charge in [0.2, 0.25) is 0 Å². The summed E-state index contributed by atoms with van der Waals surface area (Å²) in [6.07, 6.45) is 1.78. The first-order valence-electron chi connectivity index (χ1n) is 8.45. The maximum absolute atomic E-state index is 13.1. The number of hydrogen-bond donors (Lipinski definition) is 1. The van der Waals surface area contributed by atoms with E-state index in [1.165, 1.54) is 0 Å². The van der Waals surface area contributed by atoms with Gasteiger partial charge < -0.3 is 10.1 Å². The molecule has 2 amide bonds. The first-order valence-corrected chi connectivity index (χ1v) is 8.45. The summed E-state index contributed by atoms with van der Waals surface area (Å²) >= 11 is 0. The van der Waals surface area contributed by atoms with E-state index in [0.29, 0.717) is 11.4 Å². The van der Waals surface area contributed by atoms with Gasteiger partial charge >= 0.3 is 6.03 Å². The monoisotopic (exact) mass is 337 g/mol. The molecule has 0 aliphatic carbocycles. The minimum Gasteiger partial charge on any atom is -0.497 e. The highest BCUT2D eigenvalue weighted by molar-refractivity contribution is 6.21. The number of nitrogens with one attached hydrogen (secondary N) is 1. The van der Waals surface area contributed by atoms with Crippen LogP contribution in [-0.4, -0.2) is 25.5 Å². The molecule has 0 saturated heterocycles. The van der Waals surface area contributed by atoms with Gasteiger partial charge in [-0.05, 0) is 49.6 Å². The molecule has 5 nitrogen and oxygen atoms in total. The fourth-order valence-electron chi connectivity index (χ4n) is 2.93. The molecule has 1 aliphatic heterocycles. The average Bonchev–Trinajstić information content (AvgIpc) is 3.13. The number of anilines is 2. The van der Waals surface area contributed by atoms with Crippen LogP contribution in [-0.2, 0) is 0 Å². The number of aliphatic imine (C=N–C) groups is 1. The predicted molar refractivity (Wildman–Crippen MR) is 102 cm³/mol. The Labute approximate surface area is 148 Å². The highest BCUT2D eigenvalue weighted by atomic mass is 16.5. The second-order valence-corrected chi connectivity index (χ2v) is 6.12. The Kier molecular flexibility index (Phi) is 5.03. The molecule has 0 unspecified atom stereocenters. The van der Waals surface area contributed by atoms with Crippen molar-refractivity contribution >= 4 is 23.2 Å². The maximum atomic E-state index is 13.1. The highest BCUT2D eigenvalue weighted by Crippen LogP contribution is 2.27. The Balaban J connectivity index is 1.94. The van der Waals surface area contributed by atoms with E-state index in [2.05, 4.69) is 10.3 Å². The zero-order valence-corrected chi connectivity index (χ0v) is 14.9. The summed E-state index contributed by atoms with van der Waals surface area (Å²) in [5.74, 6) is 1.52. The Morgan fingerprint density at radius 2 is 2.00 bits per heavy atom. The smallest absolute Gasteiger partial charge is 0.331 e. The molecule has 5 heteroatoms. The number of amides is 2. The van der Waals surface area contributed by atoms with Crippen molar-refractivity contribution in [2.24, 2.45) is 4.99 Å². The van der Waals surface area contributed by atoms with Gasteiger partial charge in [-0.2, -0.15) is 0 Å². The summed E-state index contributed by atoms with van der Waals surface area (Å²) in [6.45, 7) is 4.85. The predicted octanol–water partition coefficient (Wildman–Crippen LogP) is 4.54. The second kappa shape index (κ2) is 7.38. The van der Waals surface area contributed by atoms with Gasteiger partial charge in [-0.1, -0.05) is 18.2 Å². The molecule has 1 aliphatic rings. The van der Waals surface area contributed by atoms with E-state index >= 15 is 0 Å². The van der Waals surface area contributed by atoms with E-state index in [9.17, 15) is 4.79 Å². The number of urea groups is 1. The van der Waals surface area contributed by atoms with Crippen LogP contribution in [0.25, 0.3) is 0 Å². The number of carbonyl (C=O) groups excluding carboxylic acids is 1. The lowest BCUT2D eigenvalue weighted by Gasteiger charge is -2.25. The summed E-state index contributed by atoms with van der Waals surface area (Å²) < 4.78 is 5.23. The largest absolute Gasteiger partial charge is 0.497 e. The van der Waals surface area contributed by atoms with Crippen molar-refractivity contribution in [2.45, 2.75) is 26.7 Å². The van der Waals surface area contributed by atoms with Crippen LogP contribution in [0.5, 0.6) is 5.75 Å². The molecule has 25 heavy (non-hydrogen) atoms. The van der Waals surface area contributed by atoms with E-state index in [0.717, 1.165) is 42.0 Å². The first-order chi connectivity index (χ1) is 12.1. The number of rotatable bonds is 3. The summed E-state index contributed by atoms with van der Waals surface area (Å²) in [4.78, 5) is 19.3. The number of carbonyl (C=O) groups is 1. The van der Waals surface area contributed by atoms with E-state index < -0.39 is 0 Å². The van der Waals surface area contributed by atoms with Crippen LogP contribution in [0.2, 0.25) is 0 Å². The molecule has 0 saturated carbocycles. The SMILES string of the molecule is COc1cccc(NC(=O)N(C2=NCCC2)c2cccc(C)c2C)c1. The Morgan fingerprint density at radius 1 is 1.20 bits per heavy atom. The Morgan fingerprint density at radius 3 is 2.72 bits per heavy atom. The second-order valence-electron chi connectivity index (χ2n) is 6.12. The lowest BCUT2D eigenvalue weighted by molar-refractivity contribution is 0.259. The standard InChI is InChI=1S/C20H23N3O2/c1-14-7-4-10-18(15(14)2)23(19-11-6-12-21-19)20(24)22-16-8-5-9-17(13-16)25-3/h4-5,7-10,13H,6,11-12H2,1-3H3,(H,22,24). The summed E-state index contributed by atoms with van der Waals surface area (Å²) in [5, 5.41) is 2.96. The van der Waals surface area contributed by atoms with Crippen molar-refractivity contribution in [2.75, 3.05) is 23.9 Å². The molecule has 0 bridgehead atoms. The zero-order valence-electron chi connectivity index (χ0n) is 14.9. The van der Waals surface area contributed by atoms with Gasteiger partial charge in [0.05, 0.1) is 12.8 Å². The average molecular weight is 337 g/mol. The molecule has 0 fully saturated rings. The third kappa shape index (κ3) is 3.65. The van der Waals surface area contributed by atoms with E-state index in [-0.39, 0.29) is 6.03 Å². The molecule has 0 aromatic heterocycles. The molecule has 130 valence electrons. The maximum Gasteiger partial charge on any atom is 0.331 e. The third-order valence-corrected chi connectivity index (χ3v) is 4.45. The minimum absolute atomic E-state index is 0.206. The van der Waals surface area contributed by atoms with Gasteiger partial charge in [0, 0.05) is 24.7 Å². The fraction of sp³-hybridized carbons (Fsp3) is 0.300. The lowest BCUT2D eigenvalue weighted by Crippen LogP contribution is -2.40. The molecule has 2 aromatic carbocycles. The van der Waals surface area contributed by atoms with Crippen LogP contribution < -0.4 is 15.0 Å². The molecule has 3 rings (SSSR count). The molecule has 1 heterocycles. The van der Waals surface area contributed by atoms with Gasteiger partial charge in [-0.15, -0.1) is 0 Å². The van der Waals surface area contributed by atoms with E-state index in [4.69, 9.17) is 4.74 Å². The summed E-state index contributed by atoms with van der Waals surface area (Å²) in [5.41, 5.74) is 3.80. The van der Waals surface area contributed by atoms with Crippen LogP contribution in [0.4, 0.5) is 16.2 Å². The van der Waals surface area contributed by atoms with Crippen molar-refractivity contribution < 1.29 is 9.53 Å². The molecule has 0 spiro atoms. The molecular formula is C20H23N3O2. The van der Waals surface area contributed by atoms with Gasteiger partial charge in [0.15, 0.2) is 0 Å². The summed E-state index contributed by atoms with van der Waals surface area (Å²) in [7, 11) is 1.61. The van der Waals surface area contributed by atoms with Crippen LogP contribution in [0.1, 0.15) is 24.0 Å². The van der Waals surface area contributed by atoms with E-state index in [1.54, 1.807) is 18.1 Å². The molecule has 2 aromatic rings. The van der Waals surface area contributed by atoms with Crippen LogP contribution in [0, 0.1) is 13.8 Å². The molecule has 0 radical (unpaired) electrons. The lowest BCUT2D eigenvalue weighted by atomic mass is 10.1. The summed E-state index contributed by atoms with van der Waals surface area (Å²) in [6, 6.07) is 13.1. The number of benzene rings is 2. The third-order valence-electron chi connectivity index (χ3n) is 4.45. The van der Waals surface area contributed by atoms with Gasteiger partial charge in [0.25, 0.3) is 0 Å². The number of methoxy groups -OCH3 is 1. The van der Waals surface area contributed by atoms with Crippen molar-refractivity contribution in [3.63, 3.8) is 0 Å². The fourth-order valence-corrected chi connectivity index (χ4v) is 2.93. The quantitative estimate of drug-likeness (QED) is 0.894. The van der Waals surface area contributed by atoms with Gasteiger partial charge in [-0.25, -0.2) is 9.69 Å².